The predicted molar refractivity (Wildman–Crippen MR) is 124 cm³/mol. The second-order valence-corrected chi connectivity index (χ2v) is 7.20. The van der Waals surface area contributed by atoms with Crippen LogP contribution in [0.15, 0.2) is 54.6 Å². The van der Waals surface area contributed by atoms with Crippen LogP contribution in [0, 0.1) is 0 Å². The maximum Gasteiger partial charge on any atom is 0.305 e. The van der Waals surface area contributed by atoms with E-state index in [1.165, 1.54) is 12.6 Å². The summed E-state index contributed by atoms with van der Waals surface area (Å²) in [6, 6.07) is 16.8. The Labute approximate surface area is 187 Å². The summed E-state index contributed by atoms with van der Waals surface area (Å²) < 4.78 is 5.21. The normalized spacial score (nSPS) is 10.1. The molecule has 0 aliphatic heterocycles. The molecule has 0 bridgehead atoms. The van der Waals surface area contributed by atoms with E-state index in [1.54, 1.807) is 24.3 Å². The van der Waals surface area contributed by atoms with Crippen molar-refractivity contribution in [3.05, 3.63) is 65.7 Å². The van der Waals surface area contributed by atoms with E-state index < -0.39 is 0 Å². The van der Waals surface area contributed by atoms with Gasteiger partial charge in [0, 0.05) is 19.9 Å². The third-order valence-corrected chi connectivity index (χ3v) is 4.60. The zero-order valence-corrected chi connectivity index (χ0v) is 18.3. The number of thiocarbonyl (C=S) groups is 1. The maximum absolute atomic E-state index is 12.0. The summed E-state index contributed by atoms with van der Waals surface area (Å²) in [5.41, 5.74) is 2.11. The maximum atomic E-state index is 12.0. The van der Waals surface area contributed by atoms with Crippen molar-refractivity contribution in [3.63, 3.8) is 0 Å². The van der Waals surface area contributed by atoms with Crippen LogP contribution in [-0.2, 0) is 20.7 Å². The first-order chi connectivity index (χ1) is 15.0. The molecule has 2 amide bonds. The molecular formula is C23H27N3O4S. The van der Waals surface area contributed by atoms with E-state index in [0.29, 0.717) is 24.3 Å². The molecule has 0 spiro atoms. The van der Waals surface area contributed by atoms with Gasteiger partial charge in [-0.1, -0.05) is 42.5 Å². The summed E-state index contributed by atoms with van der Waals surface area (Å²) in [4.78, 5) is 35.7. The van der Waals surface area contributed by atoms with Gasteiger partial charge in [-0.3, -0.25) is 14.4 Å². The third-order valence-electron chi connectivity index (χ3n) is 4.40. The number of carbonyl (C=O) groups is 3. The number of amides is 2. The molecule has 0 unspecified atom stereocenters. The minimum Gasteiger partial charge on any atom is -0.466 e. The van der Waals surface area contributed by atoms with E-state index in [1.807, 2.05) is 30.3 Å². The van der Waals surface area contributed by atoms with Crippen LogP contribution in [0.1, 0.15) is 41.6 Å². The lowest BCUT2D eigenvalue weighted by atomic mass is 10.1. The standard InChI is InChI=1S/C23H27N3O4S/c1-24-22(29)18-12-5-6-13-19(18)25-23(31)26-20(27)14-7-15-21(28)30-16-8-11-17-9-3-2-4-10-17/h2-6,9-10,12-13H,7-8,11,14-16H2,1H3,(H,24,29)(H2,25,26,27,31). The number of para-hydroxylation sites is 1. The molecule has 0 saturated heterocycles. The predicted octanol–water partition coefficient (Wildman–Crippen LogP) is 3.21. The summed E-state index contributed by atoms with van der Waals surface area (Å²) in [6.07, 6.45) is 2.27. The molecule has 164 valence electrons. The van der Waals surface area contributed by atoms with Gasteiger partial charge in [-0.2, -0.15) is 0 Å². The van der Waals surface area contributed by atoms with E-state index in [9.17, 15) is 14.4 Å². The lowest BCUT2D eigenvalue weighted by Crippen LogP contribution is -2.34. The summed E-state index contributed by atoms with van der Waals surface area (Å²) in [6.45, 7) is 0.360. The Morgan fingerprint density at radius 2 is 1.65 bits per heavy atom. The highest BCUT2D eigenvalue weighted by Crippen LogP contribution is 2.14. The zero-order valence-electron chi connectivity index (χ0n) is 17.5. The fourth-order valence-corrected chi connectivity index (χ4v) is 3.06. The number of benzene rings is 2. The molecule has 8 heteroatoms. The summed E-state index contributed by atoms with van der Waals surface area (Å²) >= 11 is 5.14. The van der Waals surface area contributed by atoms with Crippen LogP contribution < -0.4 is 16.0 Å². The molecule has 2 aromatic carbocycles. The highest BCUT2D eigenvalue weighted by Gasteiger charge is 2.12. The van der Waals surface area contributed by atoms with Crippen molar-refractivity contribution in [3.8, 4) is 0 Å². The van der Waals surface area contributed by atoms with Crippen molar-refractivity contribution in [2.24, 2.45) is 0 Å². The SMILES string of the molecule is CNC(=O)c1ccccc1NC(=S)NC(=O)CCCC(=O)OCCCc1ccccc1. The van der Waals surface area contributed by atoms with Crippen molar-refractivity contribution < 1.29 is 19.1 Å². The highest BCUT2D eigenvalue weighted by molar-refractivity contribution is 7.80. The molecule has 2 rings (SSSR count). The lowest BCUT2D eigenvalue weighted by molar-refractivity contribution is -0.143. The van der Waals surface area contributed by atoms with Crippen molar-refractivity contribution in [1.82, 2.24) is 10.6 Å². The number of nitrogens with one attached hydrogen (secondary N) is 3. The number of esters is 1. The Bertz CT molecular complexity index is 903. The summed E-state index contributed by atoms with van der Waals surface area (Å²) in [5.74, 6) is -0.896. The molecule has 0 radical (unpaired) electrons. The van der Waals surface area contributed by atoms with Crippen LogP contribution in [0.4, 0.5) is 5.69 Å². The molecule has 0 aliphatic carbocycles. The topological polar surface area (TPSA) is 96.5 Å². The molecule has 0 fully saturated rings. The van der Waals surface area contributed by atoms with Gasteiger partial charge < -0.3 is 20.7 Å². The molecule has 0 heterocycles. The van der Waals surface area contributed by atoms with E-state index in [4.69, 9.17) is 17.0 Å². The number of ether oxygens (including phenoxy) is 1. The first-order valence-corrected chi connectivity index (χ1v) is 10.5. The second kappa shape index (κ2) is 13.1. The Morgan fingerprint density at radius 1 is 0.935 bits per heavy atom. The fraction of sp³-hybridized carbons (Fsp3) is 0.304. The first kappa shape index (κ1) is 24.0. The van der Waals surface area contributed by atoms with E-state index >= 15 is 0 Å². The van der Waals surface area contributed by atoms with Crippen LogP contribution in [0.3, 0.4) is 0 Å². The van der Waals surface area contributed by atoms with E-state index in [0.717, 1.165) is 12.8 Å². The Kier molecular flexibility index (Phi) is 10.2. The van der Waals surface area contributed by atoms with Crippen molar-refractivity contribution in [1.29, 1.82) is 0 Å². The minimum absolute atomic E-state index is 0.0878. The monoisotopic (exact) mass is 441 g/mol. The molecule has 0 aromatic heterocycles. The first-order valence-electron chi connectivity index (χ1n) is 10.1. The molecular weight excluding hydrogens is 414 g/mol. The molecule has 0 atom stereocenters. The second-order valence-electron chi connectivity index (χ2n) is 6.79. The lowest BCUT2D eigenvalue weighted by Gasteiger charge is -2.12. The number of carbonyl (C=O) groups excluding carboxylic acids is 3. The quantitative estimate of drug-likeness (QED) is 0.298. The molecule has 2 aromatic rings. The van der Waals surface area contributed by atoms with Crippen molar-refractivity contribution >= 4 is 40.8 Å². The van der Waals surface area contributed by atoms with Crippen LogP contribution in [0.25, 0.3) is 0 Å². The number of hydrogen-bond donors (Lipinski definition) is 3. The van der Waals surface area contributed by atoms with Crippen LogP contribution >= 0.6 is 12.2 Å². The fourth-order valence-electron chi connectivity index (χ4n) is 2.84. The smallest absolute Gasteiger partial charge is 0.305 e. The van der Waals surface area contributed by atoms with Gasteiger partial charge in [-0.15, -0.1) is 0 Å². The zero-order chi connectivity index (χ0) is 22.5. The summed E-state index contributed by atoms with van der Waals surface area (Å²) in [5, 5.41) is 8.04. The van der Waals surface area contributed by atoms with Crippen LogP contribution in [-0.4, -0.2) is 36.6 Å². The van der Waals surface area contributed by atoms with Gasteiger partial charge in [-0.05, 0) is 49.2 Å². The average molecular weight is 442 g/mol. The number of anilines is 1. The molecule has 0 aliphatic rings. The molecule has 7 nitrogen and oxygen atoms in total. The Morgan fingerprint density at radius 3 is 2.39 bits per heavy atom. The van der Waals surface area contributed by atoms with Gasteiger partial charge in [0.05, 0.1) is 17.9 Å². The Hall–Kier alpha value is -3.26. The van der Waals surface area contributed by atoms with Gasteiger partial charge in [-0.25, -0.2) is 0 Å². The highest BCUT2D eigenvalue weighted by atomic mass is 32.1. The summed E-state index contributed by atoms with van der Waals surface area (Å²) in [7, 11) is 1.54. The van der Waals surface area contributed by atoms with Gasteiger partial charge in [0.1, 0.15) is 0 Å². The third kappa shape index (κ3) is 8.96. The van der Waals surface area contributed by atoms with Crippen LogP contribution in [0.5, 0.6) is 0 Å². The molecule has 0 saturated carbocycles. The van der Waals surface area contributed by atoms with Gasteiger partial charge >= 0.3 is 5.97 Å². The average Bonchev–Trinajstić information content (AvgIpc) is 2.77. The largest absolute Gasteiger partial charge is 0.466 e. The van der Waals surface area contributed by atoms with E-state index in [2.05, 4.69) is 16.0 Å². The van der Waals surface area contributed by atoms with Gasteiger partial charge in [0.25, 0.3) is 5.91 Å². The molecule has 3 N–H and O–H groups in total. The number of aryl methyl sites for hydroxylation is 1. The van der Waals surface area contributed by atoms with Crippen molar-refractivity contribution in [2.75, 3.05) is 19.0 Å². The van der Waals surface area contributed by atoms with E-state index in [-0.39, 0.29) is 35.7 Å². The number of rotatable bonds is 10. The van der Waals surface area contributed by atoms with Crippen LogP contribution in [0.2, 0.25) is 0 Å². The molecule has 31 heavy (non-hydrogen) atoms. The van der Waals surface area contributed by atoms with Crippen molar-refractivity contribution in [2.45, 2.75) is 32.1 Å². The minimum atomic E-state index is -0.318. The van der Waals surface area contributed by atoms with Gasteiger partial charge in [0.2, 0.25) is 5.91 Å². The Balaban J connectivity index is 1.62. The number of hydrogen-bond acceptors (Lipinski definition) is 5. The van der Waals surface area contributed by atoms with Gasteiger partial charge in [0.15, 0.2) is 5.11 Å².